The van der Waals surface area contributed by atoms with E-state index in [0.29, 0.717) is 0 Å². The monoisotopic (exact) mass is 299 g/mol. The zero-order valence-corrected chi connectivity index (χ0v) is 13.8. The maximum atomic E-state index is 4.98. The molecule has 0 amide bonds. The molecule has 1 nitrogen and oxygen atoms in total. The fraction of sp³-hybridized carbons (Fsp3) is 0.227. The number of rotatable bonds is 0. The van der Waals surface area contributed by atoms with E-state index in [1.807, 2.05) is 0 Å². The van der Waals surface area contributed by atoms with Crippen LogP contribution in [0.5, 0.6) is 0 Å². The maximum absolute atomic E-state index is 4.98. The van der Waals surface area contributed by atoms with Crippen molar-refractivity contribution < 1.29 is 0 Å². The number of aryl methyl sites for hydroxylation is 2. The summed E-state index contributed by atoms with van der Waals surface area (Å²) in [5, 5.41) is 0. The van der Waals surface area contributed by atoms with Gasteiger partial charge in [0.2, 0.25) is 0 Å². The van der Waals surface area contributed by atoms with Crippen molar-refractivity contribution in [1.29, 1.82) is 0 Å². The molecular formula is C22H21N. The average molecular weight is 299 g/mol. The molecule has 1 aromatic heterocycles. The van der Waals surface area contributed by atoms with E-state index in [-0.39, 0.29) is 0 Å². The molecule has 0 radical (unpaired) electrons. The summed E-state index contributed by atoms with van der Waals surface area (Å²) >= 11 is 0. The quantitative estimate of drug-likeness (QED) is 0.532. The van der Waals surface area contributed by atoms with Crippen LogP contribution >= 0.6 is 0 Å². The van der Waals surface area contributed by atoms with E-state index < -0.39 is 0 Å². The molecule has 114 valence electrons. The van der Waals surface area contributed by atoms with E-state index in [0.717, 1.165) is 24.2 Å². The average Bonchev–Trinajstić information content (AvgIpc) is 2.57. The minimum atomic E-state index is 1.08. The molecule has 23 heavy (non-hydrogen) atoms. The molecule has 0 saturated heterocycles. The number of hydrogen-bond acceptors (Lipinski definition) is 1. The molecule has 4 rings (SSSR count). The lowest BCUT2D eigenvalue weighted by atomic mass is 9.91. The van der Waals surface area contributed by atoms with Crippen LogP contribution < -0.4 is 0 Å². The first-order chi connectivity index (χ1) is 11.2. The number of nitrogens with zero attached hydrogens (tertiary/aromatic N) is 1. The second-order valence-electron chi connectivity index (χ2n) is 6.44. The molecule has 0 spiro atoms. The van der Waals surface area contributed by atoms with Crippen molar-refractivity contribution >= 4 is 0 Å². The minimum Gasteiger partial charge on any atom is -0.248 e. The Kier molecular flexibility index (Phi) is 3.49. The van der Waals surface area contributed by atoms with Crippen molar-refractivity contribution in [1.82, 2.24) is 4.98 Å². The standard InChI is InChI=1S/C22H21N/c1-15-17-7-3-8-18-10-5-12-20(16(18)2)22-14-6-13-21(23-22)19(15)11-4-9-17/h4-6,9-14H,3,7-8H2,1-2H3. The van der Waals surface area contributed by atoms with Gasteiger partial charge in [0.15, 0.2) is 0 Å². The van der Waals surface area contributed by atoms with Crippen molar-refractivity contribution in [3.05, 3.63) is 76.9 Å². The van der Waals surface area contributed by atoms with Gasteiger partial charge in [-0.2, -0.15) is 0 Å². The molecule has 0 atom stereocenters. The van der Waals surface area contributed by atoms with Crippen LogP contribution in [-0.4, -0.2) is 4.98 Å². The number of benzene rings is 2. The van der Waals surface area contributed by atoms with E-state index in [1.165, 1.54) is 39.8 Å². The Hall–Kier alpha value is -2.41. The summed E-state index contributed by atoms with van der Waals surface area (Å²) in [4.78, 5) is 4.98. The zero-order chi connectivity index (χ0) is 15.8. The van der Waals surface area contributed by atoms with Crippen molar-refractivity contribution in [3.8, 4) is 22.5 Å². The summed E-state index contributed by atoms with van der Waals surface area (Å²) in [6, 6.07) is 19.6. The Morgan fingerprint density at radius 2 is 1.13 bits per heavy atom. The number of fused-ring (bicyclic) bond motifs is 8. The van der Waals surface area contributed by atoms with Crippen LogP contribution in [0.3, 0.4) is 0 Å². The molecule has 0 saturated carbocycles. The molecular weight excluding hydrogens is 278 g/mol. The third kappa shape index (κ3) is 2.46. The predicted molar refractivity (Wildman–Crippen MR) is 96.6 cm³/mol. The molecule has 0 aliphatic carbocycles. The van der Waals surface area contributed by atoms with Gasteiger partial charge < -0.3 is 0 Å². The van der Waals surface area contributed by atoms with Crippen LogP contribution in [-0.2, 0) is 12.8 Å². The van der Waals surface area contributed by atoms with E-state index in [2.05, 4.69) is 68.4 Å². The summed E-state index contributed by atoms with van der Waals surface area (Å²) in [6.45, 7) is 4.46. The highest BCUT2D eigenvalue weighted by Gasteiger charge is 2.13. The Morgan fingerprint density at radius 1 is 0.652 bits per heavy atom. The fourth-order valence-electron chi connectivity index (χ4n) is 3.67. The van der Waals surface area contributed by atoms with Gasteiger partial charge >= 0.3 is 0 Å². The lowest BCUT2D eigenvalue weighted by Crippen LogP contribution is -2.00. The summed E-state index contributed by atoms with van der Waals surface area (Å²) in [7, 11) is 0. The highest BCUT2D eigenvalue weighted by Crippen LogP contribution is 2.31. The highest BCUT2D eigenvalue weighted by atomic mass is 14.7. The number of pyridine rings is 1. The second-order valence-corrected chi connectivity index (χ2v) is 6.44. The van der Waals surface area contributed by atoms with Gasteiger partial charge in [0.1, 0.15) is 0 Å². The molecule has 0 unspecified atom stereocenters. The van der Waals surface area contributed by atoms with Gasteiger partial charge in [-0.3, -0.25) is 0 Å². The third-order valence-electron chi connectivity index (χ3n) is 5.09. The van der Waals surface area contributed by atoms with Crippen molar-refractivity contribution in [3.63, 3.8) is 0 Å². The molecule has 0 N–H and O–H groups in total. The summed E-state index contributed by atoms with van der Waals surface area (Å²) in [6.07, 6.45) is 3.45. The fourth-order valence-corrected chi connectivity index (χ4v) is 3.67. The van der Waals surface area contributed by atoms with Crippen molar-refractivity contribution in [2.45, 2.75) is 33.1 Å². The molecule has 1 heteroatoms. The summed E-state index contributed by atoms with van der Waals surface area (Å²) in [5.74, 6) is 0. The van der Waals surface area contributed by atoms with Gasteiger partial charge in [0.05, 0.1) is 11.4 Å². The summed E-state index contributed by atoms with van der Waals surface area (Å²) in [5.41, 5.74) is 10.3. The molecule has 6 bridgehead atoms. The minimum absolute atomic E-state index is 1.08. The van der Waals surface area contributed by atoms with Crippen LogP contribution in [0.4, 0.5) is 0 Å². The lowest BCUT2D eigenvalue weighted by molar-refractivity contribution is 0.812. The number of hydrogen-bond donors (Lipinski definition) is 0. The third-order valence-corrected chi connectivity index (χ3v) is 5.09. The Labute approximate surface area is 138 Å². The number of aromatic nitrogens is 1. The first-order valence-corrected chi connectivity index (χ1v) is 8.39. The molecule has 2 aromatic carbocycles. The SMILES string of the molecule is Cc1c2cccc1-c1cccc(n1)-c1cccc(c1C)CCC2. The summed E-state index contributed by atoms with van der Waals surface area (Å²) < 4.78 is 0. The van der Waals surface area contributed by atoms with Crippen LogP contribution in [0.1, 0.15) is 28.7 Å². The largest absolute Gasteiger partial charge is 0.248 e. The Morgan fingerprint density at radius 3 is 1.65 bits per heavy atom. The second kappa shape index (κ2) is 5.66. The van der Waals surface area contributed by atoms with Crippen LogP contribution in [0.25, 0.3) is 22.5 Å². The van der Waals surface area contributed by atoms with E-state index in [9.17, 15) is 0 Å². The van der Waals surface area contributed by atoms with Crippen LogP contribution in [0.2, 0.25) is 0 Å². The Bertz CT molecular complexity index is 808. The molecule has 1 aliphatic rings. The van der Waals surface area contributed by atoms with E-state index in [1.54, 1.807) is 0 Å². The van der Waals surface area contributed by atoms with Crippen molar-refractivity contribution in [2.75, 3.05) is 0 Å². The highest BCUT2D eigenvalue weighted by molar-refractivity contribution is 5.71. The van der Waals surface area contributed by atoms with Gasteiger partial charge in [0.25, 0.3) is 0 Å². The van der Waals surface area contributed by atoms with E-state index in [4.69, 9.17) is 4.98 Å². The molecule has 1 aliphatic heterocycles. The predicted octanol–water partition coefficient (Wildman–Crippen LogP) is 5.52. The zero-order valence-electron chi connectivity index (χ0n) is 13.8. The normalized spacial score (nSPS) is 13.1. The lowest BCUT2D eigenvalue weighted by Gasteiger charge is -2.16. The van der Waals surface area contributed by atoms with E-state index >= 15 is 0 Å². The first-order valence-electron chi connectivity index (χ1n) is 8.39. The first kappa shape index (κ1) is 14.2. The molecule has 0 fully saturated rings. The van der Waals surface area contributed by atoms with Crippen molar-refractivity contribution in [2.24, 2.45) is 0 Å². The Balaban J connectivity index is 2.00. The molecule has 3 aromatic rings. The van der Waals surface area contributed by atoms with Gasteiger partial charge in [-0.25, -0.2) is 4.98 Å². The van der Waals surface area contributed by atoms with Gasteiger partial charge in [0, 0.05) is 11.1 Å². The van der Waals surface area contributed by atoms with Gasteiger partial charge in [-0.05, 0) is 67.5 Å². The van der Waals surface area contributed by atoms with Crippen LogP contribution in [0, 0.1) is 13.8 Å². The topological polar surface area (TPSA) is 12.9 Å². The van der Waals surface area contributed by atoms with Gasteiger partial charge in [-0.1, -0.05) is 42.5 Å². The maximum Gasteiger partial charge on any atom is 0.0712 e. The smallest absolute Gasteiger partial charge is 0.0712 e. The molecule has 2 heterocycles. The van der Waals surface area contributed by atoms with Gasteiger partial charge in [-0.15, -0.1) is 0 Å². The van der Waals surface area contributed by atoms with Crippen LogP contribution in [0.15, 0.2) is 54.6 Å².